The van der Waals surface area contributed by atoms with Gasteiger partial charge in [0, 0.05) is 28.4 Å². The number of nitrogens with zero attached hydrogens (tertiary/aromatic N) is 1. The van der Waals surface area contributed by atoms with Crippen LogP contribution in [0, 0.1) is 12.3 Å². The summed E-state index contributed by atoms with van der Waals surface area (Å²) in [5.41, 5.74) is 2.51. The molecule has 2 fully saturated rings. The molecule has 1 N–H and O–H groups in total. The highest BCUT2D eigenvalue weighted by molar-refractivity contribution is 5.98. The van der Waals surface area contributed by atoms with E-state index in [1.807, 2.05) is 49.4 Å². The minimum Gasteiger partial charge on any atom is -0.461 e. The maximum absolute atomic E-state index is 13.4. The van der Waals surface area contributed by atoms with Gasteiger partial charge in [0.1, 0.15) is 11.3 Å². The fourth-order valence-electron chi connectivity index (χ4n) is 5.47. The van der Waals surface area contributed by atoms with Crippen LogP contribution >= 0.6 is 0 Å². The number of aliphatic hydroxyl groups excluding tert-OH is 1. The molecule has 3 aromatic rings. The summed E-state index contributed by atoms with van der Waals surface area (Å²) < 4.78 is 5.64. The molecule has 4 nitrogen and oxygen atoms in total. The molecule has 2 aliphatic heterocycles. The lowest BCUT2D eigenvalue weighted by molar-refractivity contribution is 0.0571. The molecule has 3 heterocycles. The standard InChI is InChI=1S/C24H25NO3/c1-16-11-19-12-18(7-9-21(19)28-16)23(27)25-20-8-10-22(25)24(14-20,15-26)13-17-5-3-2-4-6-17/h2-7,9,11-12,20,22,26H,8,10,13-15H2,1H3/t20-,22+,24-/m0/s1. The van der Waals surface area contributed by atoms with Crippen LogP contribution in [0.25, 0.3) is 11.0 Å². The second-order valence-corrected chi connectivity index (χ2v) is 8.46. The van der Waals surface area contributed by atoms with Crippen LogP contribution < -0.4 is 0 Å². The van der Waals surface area contributed by atoms with Crippen molar-refractivity contribution in [3.8, 4) is 0 Å². The Balaban J connectivity index is 1.46. The van der Waals surface area contributed by atoms with Gasteiger partial charge in [0.2, 0.25) is 0 Å². The van der Waals surface area contributed by atoms with Gasteiger partial charge in [-0.05, 0) is 62.4 Å². The Labute approximate surface area is 164 Å². The van der Waals surface area contributed by atoms with Crippen molar-refractivity contribution < 1.29 is 14.3 Å². The predicted molar refractivity (Wildman–Crippen MR) is 108 cm³/mol. The van der Waals surface area contributed by atoms with Crippen molar-refractivity contribution in [3.05, 3.63) is 71.5 Å². The van der Waals surface area contributed by atoms with Gasteiger partial charge in [0.15, 0.2) is 0 Å². The highest BCUT2D eigenvalue weighted by Crippen LogP contribution is 2.51. The number of furan rings is 1. The number of carbonyl (C=O) groups is 1. The maximum atomic E-state index is 13.4. The molecular formula is C24H25NO3. The van der Waals surface area contributed by atoms with Crippen molar-refractivity contribution in [2.75, 3.05) is 6.61 Å². The van der Waals surface area contributed by atoms with Crippen LogP contribution in [0.3, 0.4) is 0 Å². The quantitative estimate of drug-likeness (QED) is 0.738. The molecule has 2 bridgehead atoms. The van der Waals surface area contributed by atoms with Gasteiger partial charge in [0.25, 0.3) is 5.91 Å². The lowest BCUT2D eigenvalue weighted by Gasteiger charge is -2.36. The topological polar surface area (TPSA) is 53.7 Å². The first kappa shape index (κ1) is 17.5. The van der Waals surface area contributed by atoms with Gasteiger partial charge >= 0.3 is 0 Å². The Morgan fingerprint density at radius 1 is 1.18 bits per heavy atom. The van der Waals surface area contributed by atoms with Crippen molar-refractivity contribution in [2.45, 2.75) is 44.7 Å². The molecular weight excluding hydrogens is 350 g/mol. The Morgan fingerprint density at radius 2 is 2.00 bits per heavy atom. The molecule has 0 unspecified atom stereocenters. The van der Waals surface area contributed by atoms with E-state index in [9.17, 15) is 9.90 Å². The molecule has 1 amide bonds. The molecule has 3 atom stereocenters. The van der Waals surface area contributed by atoms with Gasteiger partial charge in [-0.2, -0.15) is 0 Å². The molecule has 1 aromatic heterocycles. The van der Waals surface area contributed by atoms with Crippen molar-refractivity contribution in [2.24, 2.45) is 5.41 Å². The Kier molecular flexibility index (Phi) is 4.06. The normalized spacial score (nSPS) is 26.3. The predicted octanol–water partition coefficient (Wildman–Crippen LogP) is 4.34. The Hall–Kier alpha value is -2.59. The van der Waals surface area contributed by atoms with E-state index in [2.05, 4.69) is 17.0 Å². The minimum absolute atomic E-state index is 0.0802. The largest absolute Gasteiger partial charge is 0.461 e. The summed E-state index contributed by atoms with van der Waals surface area (Å²) in [4.78, 5) is 15.5. The smallest absolute Gasteiger partial charge is 0.254 e. The molecule has 4 heteroatoms. The van der Waals surface area contributed by atoms with Crippen LogP contribution in [-0.2, 0) is 6.42 Å². The number of benzene rings is 2. The zero-order chi connectivity index (χ0) is 19.3. The summed E-state index contributed by atoms with van der Waals surface area (Å²) in [6.07, 6.45) is 3.69. The molecule has 5 rings (SSSR count). The van der Waals surface area contributed by atoms with Crippen molar-refractivity contribution in [1.82, 2.24) is 4.90 Å². The second-order valence-electron chi connectivity index (χ2n) is 8.46. The van der Waals surface area contributed by atoms with Gasteiger partial charge in [-0.1, -0.05) is 30.3 Å². The summed E-state index contributed by atoms with van der Waals surface area (Å²) in [6, 6.07) is 18.3. The molecule has 2 aliphatic rings. The van der Waals surface area contributed by atoms with Gasteiger partial charge < -0.3 is 14.4 Å². The Bertz CT molecular complexity index is 1020. The average molecular weight is 375 g/mol. The van der Waals surface area contributed by atoms with Crippen LogP contribution in [0.5, 0.6) is 0 Å². The fourth-order valence-corrected chi connectivity index (χ4v) is 5.47. The van der Waals surface area contributed by atoms with E-state index in [1.165, 1.54) is 5.56 Å². The van der Waals surface area contributed by atoms with E-state index in [4.69, 9.17) is 4.42 Å². The van der Waals surface area contributed by atoms with E-state index in [-0.39, 0.29) is 30.0 Å². The van der Waals surface area contributed by atoms with E-state index in [0.717, 1.165) is 42.4 Å². The van der Waals surface area contributed by atoms with E-state index in [0.29, 0.717) is 5.56 Å². The van der Waals surface area contributed by atoms with Crippen LogP contribution in [0.15, 0.2) is 59.0 Å². The first-order chi connectivity index (χ1) is 13.6. The highest BCUT2D eigenvalue weighted by atomic mass is 16.3. The number of hydrogen-bond acceptors (Lipinski definition) is 3. The third-order valence-electron chi connectivity index (χ3n) is 6.69. The van der Waals surface area contributed by atoms with Gasteiger partial charge in [0.05, 0.1) is 6.61 Å². The summed E-state index contributed by atoms with van der Waals surface area (Å²) in [5.74, 6) is 0.930. The number of aryl methyl sites for hydroxylation is 1. The van der Waals surface area contributed by atoms with Crippen LogP contribution in [0.1, 0.15) is 40.9 Å². The van der Waals surface area contributed by atoms with Crippen LogP contribution in [0.2, 0.25) is 0 Å². The summed E-state index contributed by atoms with van der Waals surface area (Å²) in [6.45, 7) is 2.04. The third kappa shape index (κ3) is 2.67. The minimum atomic E-state index is -0.240. The molecule has 0 spiro atoms. The average Bonchev–Trinajstić information content (AvgIpc) is 3.37. The number of aliphatic hydroxyl groups is 1. The fraction of sp³-hybridized carbons (Fsp3) is 0.375. The lowest BCUT2D eigenvalue weighted by atomic mass is 9.70. The monoisotopic (exact) mass is 375 g/mol. The summed E-state index contributed by atoms with van der Waals surface area (Å²) in [7, 11) is 0. The van der Waals surface area contributed by atoms with Crippen molar-refractivity contribution >= 4 is 16.9 Å². The lowest BCUT2D eigenvalue weighted by Crippen LogP contribution is -2.43. The van der Waals surface area contributed by atoms with Crippen molar-refractivity contribution in [1.29, 1.82) is 0 Å². The maximum Gasteiger partial charge on any atom is 0.254 e. The second kappa shape index (κ2) is 6.49. The molecule has 0 saturated carbocycles. The molecule has 28 heavy (non-hydrogen) atoms. The Morgan fingerprint density at radius 3 is 2.79 bits per heavy atom. The zero-order valence-corrected chi connectivity index (χ0v) is 16.1. The highest BCUT2D eigenvalue weighted by Gasteiger charge is 2.57. The van der Waals surface area contributed by atoms with E-state index >= 15 is 0 Å². The number of fused-ring (bicyclic) bond motifs is 3. The molecule has 2 aromatic carbocycles. The summed E-state index contributed by atoms with van der Waals surface area (Å²) >= 11 is 0. The number of carbonyl (C=O) groups excluding carboxylic acids is 1. The van der Waals surface area contributed by atoms with Gasteiger partial charge in [-0.3, -0.25) is 4.79 Å². The molecule has 2 saturated heterocycles. The van der Waals surface area contributed by atoms with E-state index in [1.54, 1.807) is 0 Å². The number of hydrogen-bond donors (Lipinski definition) is 1. The van der Waals surface area contributed by atoms with Crippen molar-refractivity contribution in [3.63, 3.8) is 0 Å². The molecule has 0 radical (unpaired) electrons. The SMILES string of the molecule is Cc1cc2cc(C(=O)N3[C@H]4CC[C@@H]3[C@@](CO)(Cc3ccccc3)C4)ccc2o1. The number of rotatable bonds is 4. The van der Waals surface area contributed by atoms with E-state index < -0.39 is 0 Å². The molecule has 0 aliphatic carbocycles. The van der Waals surface area contributed by atoms with Gasteiger partial charge in [-0.25, -0.2) is 0 Å². The third-order valence-corrected chi connectivity index (χ3v) is 6.69. The first-order valence-corrected chi connectivity index (χ1v) is 10.1. The first-order valence-electron chi connectivity index (χ1n) is 10.1. The van der Waals surface area contributed by atoms with Gasteiger partial charge in [-0.15, -0.1) is 0 Å². The van der Waals surface area contributed by atoms with Crippen LogP contribution in [0.4, 0.5) is 0 Å². The number of amides is 1. The van der Waals surface area contributed by atoms with Crippen LogP contribution in [-0.4, -0.2) is 34.6 Å². The zero-order valence-electron chi connectivity index (χ0n) is 16.1. The summed E-state index contributed by atoms with van der Waals surface area (Å²) in [5, 5.41) is 11.3. The molecule has 144 valence electrons.